The molecule has 1 aromatic carbocycles. The summed E-state index contributed by atoms with van der Waals surface area (Å²) in [6.07, 6.45) is 0.351. The number of hydrogen-bond donors (Lipinski definition) is 2. The summed E-state index contributed by atoms with van der Waals surface area (Å²) in [6.45, 7) is 5.27. The van der Waals surface area contributed by atoms with Crippen LogP contribution in [0.5, 0.6) is 5.75 Å². The van der Waals surface area contributed by atoms with Gasteiger partial charge in [0.1, 0.15) is 10.1 Å². The van der Waals surface area contributed by atoms with Crippen molar-refractivity contribution >= 4 is 35.0 Å². The molecular weight excluding hydrogens is 327 g/mol. The van der Waals surface area contributed by atoms with Gasteiger partial charge in [-0.05, 0) is 44.4 Å². The summed E-state index contributed by atoms with van der Waals surface area (Å²) in [4.78, 5) is 23.6. The third-order valence-corrected chi connectivity index (χ3v) is 4.88. The second-order valence-corrected chi connectivity index (χ2v) is 7.26. The molecule has 0 spiro atoms. The predicted octanol–water partition coefficient (Wildman–Crippen LogP) is 2.41. The van der Waals surface area contributed by atoms with E-state index in [0.29, 0.717) is 12.2 Å². The van der Waals surface area contributed by atoms with Gasteiger partial charge in [-0.1, -0.05) is 12.1 Å². The smallest absolute Gasteiger partial charge is 0.276 e. The second kappa shape index (κ2) is 5.97. The van der Waals surface area contributed by atoms with Crippen LogP contribution in [-0.4, -0.2) is 22.8 Å². The summed E-state index contributed by atoms with van der Waals surface area (Å²) in [5.74, 6) is -0.248. The zero-order chi connectivity index (χ0) is 16.5. The van der Waals surface area contributed by atoms with Gasteiger partial charge in [0.25, 0.3) is 5.91 Å². The van der Waals surface area contributed by atoms with Gasteiger partial charge >= 0.3 is 0 Å². The number of halogens is 2. The van der Waals surface area contributed by atoms with Gasteiger partial charge in [-0.25, -0.2) is 0 Å². The minimum atomic E-state index is -1.07. The van der Waals surface area contributed by atoms with Gasteiger partial charge in [-0.3, -0.25) is 20.4 Å². The van der Waals surface area contributed by atoms with E-state index >= 15 is 0 Å². The molecule has 1 aromatic rings. The van der Waals surface area contributed by atoms with E-state index in [1.807, 2.05) is 32.0 Å². The Morgan fingerprint density at radius 3 is 2.50 bits per heavy atom. The third-order valence-electron chi connectivity index (χ3n) is 3.78. The maximum atomic E-state index is 11.9. The lowest BCUT2D eigenvalue weighted by Crippen LogP contribution is -2.47. The molecule has 5 nitrogen and oxygen atoms in total. The molecule has 120 valence electrons. The van der Waals surface area contributed by atoms with Crippen LogP contribution < -0.4 is 15.6 Å². The molecule has 1 saturated carbocycles. The van der Waals surface area contributed by atoms with Crippen molar-refractivity contribution < 1.29 is 14.3 Å². The number of ether oxygens (including phenoxy) is 1. The van der Waals surface area contributed by atoms with Crippen molar-refractivity contribution in [3.05, 3.63) is 29.3 Å². The summed E-state index contributed by atoms with van der Waals surface area (Å²) in [5, 5.41) is 0. The number of rotatable bonds is 4. The minimum Gasteiger partial charge on any atom is -0.483 e. The molecular formula is C15H18Cl2N2O3. The van der Waals surface area contributed by atoms with Crippen LogP contribution in [0, 0.1) is 19.3 Å². The molecule has 2 N–H and O–H groups in total. The van der Waals surface area contributed by atoms with E-state index in [-0.39, 0.29) is 6.61 Å². The SMILES string of the molecule is Cc1ccc(C)c(OCC(=O)NNC(=O)C2(C)CC2(Cl)Cl)c1. The lowest BCUT2D eigenvalue weighted by molar-refractivity contribution is -0.132. The average Bonchev–Trinajstić information content (AvgIpc) is 2.97. The second-order valence-electron chi connectivity index (χ2n) is 5.77. The monoisotopic (exact) mass is 344 g/mol. The molecule has 0 bridgehead atoms. The maximum Gasteiger partial charge on any atom is 0.276 e. The molecule has 0 aromatic heterocycles. The van der Waals surface area contributed by atoms with E-state index in [0.717, 1.165) is 11.1 Å². The van der Waals surface area contributed by atoms with Gasteiger partial charge in [0.05, 0.1) is 5.41 Å². The topological polar surface area (TPSA) is 67.4 Å². The summed E-state index contributed by atoms with van der Waals surface area (Å²) in [6, 6.07) is 5.73. The van der Waals surface area contributed by atoms with Gasteiger partial charge < -0.3 is 4.74 Å². The van der Waals surface area contributed by atoms with E-state index < -0.39 is 21.6 Å². The Balaban J connectivity index is 1.79. The maximum absolute atomic E-state index is 11.9. The van der Waals surface area contributed by atoms with Crippen molar-refractivity contribution in [3.63, 3.8) is 0 Å². The molecule has 7 heteroatoms. The molecule has 0 radical (unpaired) electrons. The molecule has 2 rings (SSSR count). The first kappa shape index (κ1) is 16.9. The van der Waals surface area contributed by atoms with Crippen LogP contribution in [0.15, 0.2) is 18.2 Å². The summed E-state index contributed by atoms with van der Waals surface area (Å²) < 4.78 is 4.37. The van der Waals surface area contributed by atoms with E-state index in [1.54, 1.807) is 6.92 Å². The Morgan fingerprint density at radius 1 is 1.27 bits per heavy atom. The lowest BCUT2D eigenvalue weighted by atomic mass is 10.1. The van der Waals surface area contributed by atoms with E-state index in [2.05, 4.69) is 10.9 Å². The van der Waals surface area contributed by atoms with Gasteiger partial charge in [0, 0.05) is 0 Å². The van der Waals surface area contributed by atoms with Crippen LogP contribution in [-0.2, 0) is 9.59 Å². The van der Waals surface area contributed by atoms with Crippen molar-refractivity contribution in [2.45, 2.75) is 31.5 Å². The quantitative estimate of drug-likeness (QED) is 0.651. The van der Waals surface area contributed by atoms with Crippen LogP contribution in [0.4, 0.5) is 0 Å². The minimum absolute atomic E-state index is 0.200. The van der Waals surface area contributed by atoms with Crippen LogP contribution in [0.25, 0.3) is 0 Å². The number of carbonyl (C=O) groups is 2. The van der Waals surface area contributed by atoms with Gasteiger partial charge in [-0.2, -0.15) is 0 Å². The molecule has 1 aliphatic carbocycles. The Bertz CT molecular complexity index is 619. The zero-order valence-corrected chi connectivity index (χ0v) is 14.1. The van der Waals surface area contributed by atoms with Crippen molar-refractivity contribution in [1.82, 2.24) is 10.9 Å². The van der Waals surface area contributed by atoms with Crippen LogP contribution >= 0.6 is 23.2 Å². The fourth-order valence-electron chi connectivity index (χ4n) is 1.95. The van der Waals surface area contributed by atoms with Crippen molar-refractivity contribution in [2.75, 3.05) is 6.61 Å². The van der Waals surface area contributed by atoms with Gasteiger partial charge in [-0.15, -0.1) is 23.2 Å². The van der Waals surface area contributed by atoms with Crippen molar-refractivity contribution in [1.29, 1.82) is 0 Å². The number of hydrogen-bond acceptors (Lipinski definition) is 3. The number of hydrazine groups is 1. The molecule has 1 unspecified atom stereocenters. The fraction of sp³-hybridized carbons (Fsp3) is 0.467. The molecule has 0 heterocycles. The highest BCUT2D eigenvalue weighted by Gasteiger charge is 2.68. The van der Waals surface area contributed by atoms with Crippen LogP contribution in [0.3, 0.4) is 0 Å². The predicted molar refractivity (Wildman–Crippen MR) is 84.9 cm³/mol. The Morgan fingerprint density at radius 2 is 1.91 bits per heavy atom. The molecule has 0 aliphatic heterocycles. The van der Waals surface area contributed by atoms with E-state index in [1.165, 1.54) is 0 Å². The molecule has 1 atom stereocenters. The average molecular weight is 345 g/mol. The summed E-state index contributed by atoms with van der Waals surface area (Å²) >= 11 is 11.8. The number of alkyl halides is 2. The molecule has 1 aliphatic rings. The highest BCUT2D eigenvalue weighted by Crippen LogP contribution is 2.63. The normalized spacial score (nSPS) is 21.9. The molecule has 2 amide bonds. The molecule has 1 fully saturated rings. The van der Waals surface area contributed by atoms with Gasteiger partial charge in [0.15, 0.2) is 6.61 Å². The summed E-state index contributed by atoms with van der Waals surface area (Å²) in [5.41, 5.74) is 5.70. The Labute approximate surface area is 139 Å². The summed E-state index contributed by atoms with van der Waals surface area (Å²) in [7, 11) is 0. The third kappa shape index (κ3) is 3.47. The zero-order valence-electron chi connectivity index (χ0n) is 12.6. The lowest BCUT2D eigenvalue weighted by Gasteiger charge is -2.14. The van der Waals surface area contributed by atoms with Crippen molar-refractivity contribution in [2.24, 2.45) is 5.41 Å². The Hall–Kier alpha value is -1.46. The Kier molecular flexibility index (Phi) is 4.59. The van der Waals surface area contributed by atoms with E-state index in [4.69, 9.17) is 27.9 Å². The van der Waals surface area contributed by atoms with Crippen molar-refractivity contribution in [3.8, 4) is 5.75 Å². The van der Waals surface area contributed by atoms with Crippen LogP contribution in [0.2, 0.25) is 0 Å². The number of aryl methyl sites for hydroxylation is 2. The number of benzene rings is 1. The first-order chi connectivity index (χ1) is 10.2. The fourth-order valence-corrected chi connectivity index (χ4v) is 2.66. The number of nitrogens with one attached hydrogen (secondary N) is 2. The largest absolute Gasteiger partial charge is 0.483 e. The molecule has 0 saturated heterocycles. The first-order valence-corrected chi connectivity index (χ1v) is 7.58. The van der Waals surface area contributed by atoms with Crippen LogP contribution in [0.1, 0.15) is 24.5 Å². The van der Waals surface area contributed by atoms with Gasteiger partial charge in [0.2, 0.25) is 5.91 Å². The highest BCUT2D eigenvalue weighted by atomic mass is 35.5. The number of carbonyl (C=O) groups excluding carboxylic acids is 2. The van der Waals surface area contributed by atoms with E-state index in [9.17, 15) is 9.59 Å². The number of amides is 2. The molecule has 22 heavy (non-hydrogen) atoms. The highest BCUT2D eigenvalue weighted by molar-refractivity contribution is 6.53. The first-order valence-electron chi connectivity index (χ1n) is 6.83. The standard InChI is InChI=1S/C15H18Cl2N2O3/c1-9-4-5-10(2)11(6-9)22-7-12(20)18-19-13(21)14(3)8-15(14,16)17/h4-6H,7-8H2,1-3H3,(H,18,20)(H,19,21).